The Bertz CT molecular complexity index is 597. The van der Waals surface area contributed by atoms with Gasteiger partial charge in [-0.15, -0.1) is 0 Å². The molecule has 1 aromatic heterocycles. The van der Waals surface area contributed by atoms with Gasteiger partial charge in [0.2, 0.25) is 5.89 Å². The first kappa shape index (κ1) is 14.2. The fourth-order valence-electron chi connectivity index (χ4n) is 2.82. The number of ether oxygens (including phenoxy) is 1. The van der Waals surface area contributed by atoms with E-state index >= 15 is 0 Å². The first-order chi connectivity index (χ1) is 10.3. The van der Waals surface area contributed by atoms with Crippen LogP contribution in [0.25, 0.3) is 0 Å². The average Bonchev–Trinajstić information content (AvgIpc) is 2.95. The predicted molar refractivity (Wildman–Crippen MR) is 79.3 cm³/mol. The lowest BCUT2D eigenvalue weighted by Gasteiger charge is -2.28. The molecule has 21 heavy (non-hydrogen) atoms. The number of aryl methyl sites for hydroxylation is 1. The normalized spacial score (nSPS) is 22.4. The molecule has 0 saturated carbocycles. The average molecular weight is 287 g/mol. The van der Waals surface area contributed by atoms with Gasteiger partial charge in [0, 0.05) is 19.1 Å². The van der Waals surface area contributed by atoms with Gasteiger partial charge in [0.05, 0.1) is 12.5 Å². The van der Waals surface area contributed by atoms with E-state index in [1.807, 2.05) is 7.05 Å². The van der Waals surface area contributed by atoms with Crippen molar-refractivity contribution in [3.05, 3.63) is 47.1 Å². The van der Waals surface area contributed by atoms with E-state index in [0.29, 0.717) is 25.0 Å². The third-order valence-electron chi connectivity index (χ3n) is 3.97. The van der Waals surface area contributed by atoms with Gasteiger partial charge in [-0.2, -0.15) is 4.98 Å². The van der Waals surface area contributed by atoms with Crippen LogP contribution in [-0.2, 0) is 11.2 Å². The summed E-state index contributed by atoms with van der Waals surface area (Å²) >= 11 is 0. The molecular formula is C16H21N3O2. The van der Waals surface area contributed by atoms with Crippen LogP contribution in [0.15, 0.2) is 28.8 Å². The molecule has 0 amide bonds. The highest BCUT2D eigenvalue weighted by atomic mass is 16.5. The van der Waals surface area contributed by atoms with Gasteiger partial charge in [-0.1, -0.05) is 35.0 Å². The maximum Gasteiger partial charge on any atom is 0.233 e. The van der Waals surface area contributed by atoms with E-state index in [-0.39, 0.29) is 5.92 Å². The van der Waals surface area contributed by atoms with Crippen molar-refractivity contribution in [2.75, 3.05) is 20.3 Å². The Hall–Kier alpha value is -1.72. The molecule has 3 rings (SSSR count). The van der Waals surface area contributed by atoms with Crippen LogP contribution in [0.5, 0.6) is 0 Å². The highest BCUT2D eigenvalue weighted by Gasteiger charge is 2.30. The third kappa shape index (κ3) is 3.31. The fourth-order valence-corrected chi connectivity index (χ4v) is 2.82. The Kier molecular flexibility index (Phi) is 4.31. The lowest BCUT2D eigenvalue weighted by molar-refractivity contribution is 0.0516. The van der Waals surface area contributed by atoms with Crippen molar-refractivity contribution < 1.29 is 9.26 Å². The topological polar surface area (TPSA) is 60.2 Å². The SMILES string of the molecule is CNC1CCOCC1c1nc(Cc2cccc(C)c2)no1. The zero-order valence-corrected chi connectivity index (χ0v) is 12.5. The van der Waals surface area contributed by atoms with Crippen molar-refractivity contribution in [3.8, 4) is 0 Å². The van der Waals surface area contributed by atoms with Crippen molar-refractivity contribution in [1.29, 1.82) is 0 Å². The van der Waals surface area contributed by atoms with E-state index in [0.717, 1.165) is 18.9 Å². The van der Waals surface area contributed by atoms with Crippen molar-refractivity contribution in [1.82, 2.24) is 15.5 Å². The molecule has 1 aliphatic heterocycles. The molecule has 1 aliphatic rings. The number of hydrogen-bond acceptors (Lipinski definition) is 5. The second-order valence-electron chi connectivity index (χ2n) is 5.58. The molecule has 1 aromatic carbocycles. The minimum atomic E-state index is 0.141. The highest BCUT2D eigenvalue weighted by Crippen LogP contribution is 2.24. The van der Waals surface area contributed by atoms with Crippen molar-refractivity contribution >= 4 is 0 Å². The summed E-state index contributed by atoms with van der Waals surface area (Å²) in [7, 11) is 1.97. The molecule has 1 saturated heterocycles. The minimum absolute atomic E-state index is 0.141. The van der Waals surface area contributed by atoms with Crippen LogP contribution >= 0.6 is 0 Å². The molecule has 0 spiro atoms. The van der Waals surface area contributed by atoms with E-state index in [1.165, 1.54) is 11.1 Å². The van der Waals surface area contributed by atoms with Gasteiger partial charge in [-0.25, -0.2) is 0 Å². The first-order valence-corrected chi connectivity index (χ1v) is 7.39. The van der Waals surface area contributed by atoms with Crippen LogP contribution < -0.4 is 5.32 Å². The zero-order chi connectivity index (χ0) is 14.7. The maximum absolute atomic E-state index is 5.54. The molecular weight excluding hydrogens is 266 g/mol. The molecule has 0 bridgehead atoms. The predicted octanol–water partition coefficient (Wildman–Crippen LogP) is 2.06. The van der Waals surface area contributed by atoms with E-state index in [1.54, 1.807) is 0 Å². The van der Waals surface area contributed by atoms with Crippen LogP contribution in [0, 0.1) is 6.92 Å². The number of nitrogens with one attached hydrogen (secondary N) is 1. The Morgan fingerprint density at radius 1 is 1.38 bits per heavy atom. The zero-order valence-electron chi connectivity index (χ0n) is 12.5. The van der Waals surface area contributed by atoms with E-state index < -0.39 is 0 Å². The molecule has 1 N–H and O–H groups in total. The van der Waals surface area contributed by atoms with Gasteiger partial charge >= 0.3 is 0 Å². The van der Waals surface area contributed by atoms with Gasteiger partial charge in [0.1, 0.15) is 0 Å². The van der Waals surface area contributed by atoms with Gasteiger partial charge < -0.3 is 14.6 Å². The summed E-state index contributed by atoms with van der Waals surface area (Å²) in [4.78, 5) is 4.56. The number of nitrogens with zero attached hydrogens (tertiary/aromatic N) is 2. The number of benzene rings is 1. The fraction of sp³-hybridized carbons (Fsp3) is 0.500. The summed E-state index contributed by atoms with van der Waals surface area (Å²) in [6.07, 6.45) is 1.67. The molecule has 2 heterocycles. The van der Waals surface area contributed by atoms with Crippen molar-refractivity contribution in [2.24, 2.45) is 0 Å². The Labute approximate surface area is 124 Å². The Morgan fingerprint density at radius 3 is 3.10 bits per heavy atom. The molecule has 5 nitrogen and oxygen atoms in total. The Morgan fingerprint density at radius 2 is 2.29 bits per heavy atom. The first-order valence-electron chi connectivity index (χ1n) is 7.39. The second kappa shape index (κ2) is 6.37. The summed E-state index contributed by atoms with van der Waals surface area (Å²) in [5, 5.41) is 7.43. The second-order valence-corrected chi connectivity index (χ2v) is 5.58. The van der Waals surface area contributed by atoms with Crippen LogP contribution in [0.4, 0.5) is 0 Å². The quantitative estimate of drug-likeness (QED) is 0.932. The number of aromatic nitrogens is 2. The highest BCUT2D eigenvalue weighted by molar-refractivity contribution is 5.24. The number of likely N-dealkylation sites (N-methyl/N-ethyl adjacent to an activating group) is 1. The van der Waals surface area contributed by atoms with Crippen molar-refractivity contribution in [2.45, 2.75) is 31.7 Å². The van der Waals surface area contributed by atoms with Gasteiger partial charge in [-0.3, -0.25) is 0 Å². The van der Waals surface area contributed by atoms with Gasteiger partial charge in [-0.05, 0) is 26.0 Å². The van der Waals surface area contributed by atoms with E-state index in [9.17, 15) is 0 Å². The molecule has 112 valence electrons. The molecule has 2 atom stereocenters. The standard InChI is InChI=1S/C16H21N3O2/c1-11-4-3-5-12(8-11)9-15-18-16(21-19-15)13-10-20-7-6-14(13)17-2/h3-5,8,13-14,17H,6-7,9-10H2,1-2H3. The molecule has 2 unspecified atom stereocenters. The van der Waals surface area contributed by atoms with Gasteiger partial charge in [0.15, 0.2) is 5.82 Å². The smallest absolute Gasteiger partial charge is 0.233 e. The summed E-state index contributed by atoms with van der Waals surface area (Å²) in [5.41, 5.74) is 2.44. The Balaban J connectivity index is 1.73. The van der Waals surface area contributed by atoms with E-state index in [4.69, 9.17) is 9.26 Å². The minimum Gasteiger partial charge on any atom is -0.381 e. The third-order valence-corrected chi connectivity index (χ3v) is 3.97. The van der Waals surface area contributed by atoms with Crippen molar-refractivity contribution in [3.63, 3.8) is 0 Å². The van der Waals surface area contributed by atoms with Gasteiger partial charge in [0.25, 0.3) is 0 Å². The number of rotatable bonds is 4. The summed E-state index contributed by atoms with van der Waals surface area (Å²) in [6.45, 7) is 3.51. The largest absolute Gasteiger partial charge is 0.381 e. The number of hydrogen-bond donors (Lipinski definition) is 1. The summed E-state index contributed by atoms with van der Waals surface area (Å²) in [6, 6.07) is 8.71. The molecule has 2 aromatic rings. The molecule has 5 heteroatoms. The maximum atomic E-state index is 5.54. The molecule has 0 aliphatic carbocycles. The van der Waals surface area contributed by atoms with Crippen LogP contribution in [0.2, 0.25) is 0 Å². The molecule has 0 radical (unpaired) electrons. The van der Waals surface area contributed by atoms with Crippen LogP contribution in [-0.4, -0.2) is 36.4 Å². The van der Waals surface area contributed by atoms with Crippen LogP contribution in [0.1, 0.15) is 35.2 Å². The van der Waals surface area contributed by atoms with E-state index in [2.05, 4.69) is 46.6 Å². The summed E-state index contributed by atoms with van der Waals surface area (Å²) in [5.74, 6) is 1.55. The lowest BCUT2D eigenvalue weighted by Crippen LogP contribution is -2.39. The van der Waals surface area contributed by atoms with Crippen LogP contribution in [0.3, 0.4) is 0 Å². The monoisotopic (exact) mass is 287 g/mol. The lowest BCUT2D eigenvalue weighted by atomic mass is 9.96. The summed E-state index contributed by atoms with van der Waals surface area (Å²) < 4.78 is 11.0. The molecule has 1 fully saturated rings.